The molecule has 0 saturated heterocycles. The van der Waals surface area contributed by atoms with Crippen LogP contribution in [-0.4, -0.2) is 23.7 Å². The van der Waals surface area contributed by atoms with Crippen molar-refractivity contribution in [1.82, 2.24) is 0 Å². The molecule has 1 unspecified atom stereocenters. The van der Waals surface area contributed by atoms with E-state index in [1.807, 2.05) is 13.8 Å². The molecule has 0 aromatic rings. The molecule has 4 nitrogen and oxygen atoms in total. The summed E-state index contributed by atoms with van der Waals surface area (Å²) < 4.78 is 4.99. The molecule has 1 N–H and O–H groups in total. The molecule has 0 heterocycles. The number of carbonyl (C=O) groups excluding carboxylic acids is 1. The number of aliphatic carboxylic acids is 1. The highest BCUT2D eigenvalue weighted by atomic mass is 16.5. The Morgan fingerprint density at radius 3 is 2.29 bits per heavy atom. The van der Waals surface area contributed by atoms with E-state index in [0.717, 1.165) is 25.7 Å². The second-order valence-electron chi connectivity index (χ2n) is 4.29. The lowest BCUT2D eigenvalue weighted by Gasteiger charge is -2.11. The third-order valence-electron chi connectivity index (χ3n) is 2.71. The van der Waals surface area contributed by atoms with E-state index >= 15 is 0 Å². The molecule has 0 aromatic carbocycles. The van der Waals surface area contributed by atoms with E-state index in [1.165, 1.54) is 0 Å². The third-order valence-corrected chi connectivity index (χ3v) is 2.71. The zero-order valence-corrected chi connectivity index (χ0v) is 10.9. The number of carbonyl (C=O) groups is 2. The van der Waals surface area contributed by atoms with Crippen LogP contribution in [0.3, 0.4) is 0 Å². The van der Waals surface area contributed by atoms with Crippen LogP contribution in [0.5, 0.6) is 0 Å². The van der Waals surface area contributed by atoms with Gasteiger partial charge in [0.2, 0.25) is 0 Å². The van der Waals surface area contributed by atoms with Crippen molar-refractivity contribution < 1.29 is 19.4 Å². The van der Waals surface area contributed by atoms with E-state index in [-0.39, 0.29) is 12.4 Å². The first kappa shape index (κ1) is 15.9. The molecule has 0 aromatic heterocycles. The molecule has 0 aliphatic rings. The molecule has 1 atom stereocenters. The predicted molar refractivity (Wildman–Crippen MR) is 65.8 cm³/mol. The monoisotopic (exact) mass is 244 g/mol. The Bertz CT molecular complexity index is 225. The molecular formula is C13H24O4. The summed E-state index contributed by atoms with van der Waals surface area (Å²) in [5.41, 5.74) is 0. The van der Waals surface area contributed by atoms with Crippen molar-refractivity contribution in [3.63, 3.8) is 0 Å². The molecule has 0 aliphatic carbocycles. The molecule has 4 heteroatoms. The first-order chi connectivity index (χ1) is 8.11. The highest BCUT2D eigenvalue weighted by Gasteiger charge is 2.18. The van der Waals surface area contributed by atoms with Gasteiger partial charge in [-0.1, -0.05) is 33.1 Å². The minimum absolute atomic E-state index is 0.213. The minimum Gasteiger partial charge on any atom is -0.481 e. The number of hydrogen-bond donors (Lipinski definition) is 1. The third kappa shape index (κ3) is 8.72. The van der Waals surface area contributed by atoms with Crippen LogP contribution in [0.2, 0.25) is 0 Å². The summed E-state index contributed by atoms with van der Waals surface area (Å²) in [6, 6.07) is 0. The second-order valence-corrected chi connectivity index (χ2v) is 4.29. The number of ether oxygens (including phenoxy) is 1. The van der Waals surface area contributed by atoms with Gasteiger partial charge < -0.3 is 9.84 Å². The van der Waals surface area contributed by atoms with Crippen molar-refractivity contribution in [3.05, 3.63) is 0 Å². The van der Waals surface area contributed by atoms with E-state index in [0.29, 0.717) is 19.4 Å². The van der Waals surface area contributed by atoms with Crippen LogP contribution in [0.1, 0.15) is 58.8 Å². The average molecular weight is 244 g/mol. The van der Waals surface area contributed by atoms with Gasteiger partial charge in [0.05, 0.1) is 12.5 Å². The molecule has 0 rings (SSSR count). The van der Waals surface area contributed by atoms with Crippen LogP contribution in [0, 0.1) is 5.92 Å². The molecule has 0 fully saturated rings. The van der Waals surface area contributed by atoms with Gasteiger partial charge in [0.15, 0.2) is 0 Å². The fourth-order valence-corrected chi connectivity index (χ4v) is 1.54. The predicted octanol–water partition coefficient (Wildman–Crippen LogP) is 3.00. The van der Waals surface area contributed by atoms with Gasteiger partial charge in [0.25, 0.3) is 0 Å². The summed E-state index contributed by atoms with van der Waals surface area (Å²) in [4.78, 5) is 22.2. The van der Waals surface area contributed by atoms with Crippen LogP contribution >= 0.6 is 0 Å². The van der Waals surface area contributed by atoms with Crippen molar-refractivity contribution in [2.24, 2.45) is 5.92 Å². The van der Waals surface area contributed by atoms with Crippen LogP contribution in [-0.2, 0) is 14.3 Å². The van der Waals surface area contributed by atoms with Crippen molar-refractivity contribution >= 4 is 11.9 Å². The van der Waals surface area contributed by atoms with Crippen LogP contribution in [0.4, 0.5) is 0 Å². The molecule has 0 amide bonds. The number of hydrogen-bond acceptors (Lipinski definition) is 3. The molecule has 0 aliphatic heterocycles. The number of unbranched alkanes of at least 4 members (excludes halogenated alkanes) is 2. The van der Waals surface area contributed by atoms with Crippen LogP contribution < -0.4 is 0 Å². The molecule has 0 saturated carbocycles. The van der Waals surface area contributed by atoms with Crippen molar-refractivity contribution in [3.8, 4) is 0 Å². The lowest BCUT2D eigenvalue weighted by atomic mass is 9.97. The summed E-state index contributed by atoms with van der Waals surface area (Å²) >= 11 is 0. The highest BCUT2D eigenvalue weighted by molar-refractivity contribution is 5.73. The first-order valence-electron chi connectivity index (χ1n) is 6.50. The maximum absolute atomic E-state index is 11.3. The van der Waals surface area contributed by atoms with Crippen molar-refractivity contribution in [1.29, 1.82) is 0 Å². The zero-order valence-electron chi connectivity index (χ0n) is 10.9. The maximum Gasteiger partial charge on any atom is 0.306 e. The molecule has 0 bridgehead atoms. The minimum atomic E-state index is -0.806. The topological polar surface area (TPSA) is 63.6 Å². The molecule has 100 valence electrons. The molecule has 0 spiro atoms. The Labute approximate surface area is 103 Å². The fraction of sp³-hybridized carbons (Fsp3) is 0.846. The van der Waals surface area contributed by atoms with E-state index in [9.17, 15) is 9.59 Å². The first-order valence-corrected chi connectivity index (χ1v) is 6.50. The van der Waals surface area contributed by atoms with E-state index in [2.05, 4.69) is 0 Å². The molecule has 0 radical (unpaired) electrons. The zero-order chi connectivity index (χ0) is 13.1. The van der Waals surface area contributed by atoms with Gasteiger partial charge in [0, 0.05) is 6.42 Å². The number of esters is 1. The average Bonchev–Trinajstić information content (AvgIpc) is 2.29. The van der Waals surface area contributed by atoms with Gasteiger partial charge in [0.1, 0.15) is 0 Å². The highest BCUT2D eigenvalue weighted by Crippen LogP contribution is 2.15. The summed E-state index contributed by atoms with van der Waals surface area (Å²) in [6.07, 6.45) is 4.97. The van der Waals surface area contributed by atoms with Gasteiger partial charge in [-0.2, -0.15) is 0 Å². The molecular weight excluding hydrogens is 220 g/mol. The van der Waals surface area contributed by atoms with Gasteiger partial charge in [-0.15, -0.1) is 0 Å². The van der Waals surface area contributed by atoms with E-state index < -0.39 is 11.9 Å². The summed E-state index contributed by atoms with van der Waals surface area (Å²) in [6.45, 7) is 4.50. The van der Waals surface area contributed by atoms with Gasteiger partial charge in [-0.05, 0) is 19.3 Å². The maximum atomic E-state index is 11.3. The van der Waals surface area contributed by atoms with Crippen molar-refractivity contribution in [2.75, 3.05) is 6.61 Å². The van der Waals surface area contributed by atoms with Gasteiger partial charge in [-0.25, -0.2) is 0 Å². The Morgan fingerprint density at radius 2 is 1.76 bits per heavy atom. The van der Waals surface area contributed by atoms with Gasteiger partial charge >= 0.3 is 11.9 Å². The lowest BCUT2D eigenvalue weighted by molar-refractivity contribution is -0.145. The number of rotatable bonds is 10. The van der Waals surface area contributed by atoms with Crippen LogP contribution in [0.25, 0.3) is 0 Å². The van der Waals surface area contributed by atoms with E-state index in [1.54, 1.807) is 0 Å². The molecule has 17 heavy (non-hydrogen) atoms. The summed E-state index contributed by atoms with van der Waals surface area (Å²) in [5, 5.41) is 8.97. The standard InChI is InChI=1S/C13H24O4/c1-3-5-7-11(13(15)16)8-9-12(14)17-10-6-4-2/h11H,3-10H2,1-2H3,(H,15,16). The van der Waals surface area contributed by atoms with Gasteiger partial charge in [-0.3, -0.25) is 9.59 Å². The number of carboxylic acids is 1. The fourth-order valence-electron chi connectivity index (χ4n) is 1.54. The largest absolute Gasteiger partial charge is 0.481 e. The van der Waals surface area contributed by atoms with Crippen LogP contribution in [0.15, 0.2) is 0 Å². The normalized spacial score (nSPS) is 12.1. The van der Waals surface area contributed by atoms with E-state index in [4.69, 9.17) is 9.84 Å². The quantitative estimate of drug-likeness (QED) is 0.474. The number of carboxylic acid groups (broad SMARTS) is 1. The SMILES string of the molecule is CCCCOC(=O)CCC(CCCC)C(=O)O. The Hall–Kier alpha value is -1.06. The smallest absolute Gasteiger partial charge is 0.306 e. The summed E-state index contributed by atoms with van der Waals surface area (Å²) in [7, 11) is 0. The van der Waals surface area contributed by atoms with Crippen molar-refractivity contribution in [2.45, 2.75) is 58.8 Å². The Balaban J connectivity index is 3.79. The Morgan fingerprint density at radius 1 is 1.12 bits per heavy atom. The summed E-state index contributed by atoms with van der Waals surface area (Å²) in [5.74, 6) is -1.49. The lowest BCUT2D eigenvalue weighted by Crippen LogP contribution is -2.16. The second kappa shape index (κ2) is 10.1. The Kier molecular flexibility index (Phi) is 9.49.